The van der Waals surface area contributed by atoms with Gasteiger partial charge in [0.1, 0.15) is 24.9 Å². The van der Waals surface area contributed by atoms with Gasteiger partial charge < -0.3 is 34.6 Å². The van der Waals surface area contributed by atoms with Gasteiger partial charge in [-0.2, -0.15) is 5.06 Å². The van der Waals surface area contributed by atoms with Crippen LogP contribution in [0.15, 0.2) is 11.6 Å². The molecule has 1 saturated heterocycles. The van der Waals surface area contributed by atoms with Crippen LogP contribution < -0.4 is 0 Å². The second-order valence-corrected chi connectivity index (χ2v) is 14.3. The van der Waals surface area contributed by atoms with Gasteiger partial charge in [-0.3, -0.25) is 4.84 Å². The van der Waals surface area contributed by atoms with Crippen LogP contribution in [-0.2, 0) is 23.8 Å². The number of hydroxylamine groups is 2. The smallest absolute Gasteiger partial charge is 0.331 e. The highest BCUT2D eigenvalue weighted by molar-refractivity contribution is 5.85. The lowest BCUT2D eigenvalue weighted by Crippen LogP contribution is -2.68. The summed E-state index contributed by atoms with van der Waals surface area (Å²) in [4.78, 5) is 17.8. The second-order valence-electron chi connectivity index (χ2n) is 14.3. The quantitative estimate of drug-likeness (QED) is 0.282. The fraction of sp³-hybridized carbons (Fsp3) is 0.903. The summed E-state index contributed by atoms with van der Waals surface area (Å²) in [5.74, 6) is 0.265. The van der Waals surface area contributed by atoms with Crippen LogP contribution in [0.1, 0.15) is 72.1 Å². The summed E-state index contributed by atoms with van der Waals surface area (Å²) < 4.78 is 16.9. The first-order valence-electron chi connectivity index (χ1n) is 15.5. The van der Waals surface area contributed by atoms with Gasteiger partial charge in [-0.15, -0.1) is 0 Å². The van der Waals surface area contributed by atoms with Gasteiger partial charge in [-0.25, -0.2) is 4.79 Å². The third-order valence-corrected chi connectivity index (χ3v) is 12.9. The number of rotatable bonds is 5. The third-order valence-electron chi connectivity index (χ3n) is 12.9. The average Bonchev–Trinajstić information content (AvgIpc) is 3.49. The van der Waals surface area contributed by atoms with Crippen molar-refractivity contribution >= 4 is 5.97 Å². The first kappa shape index (κ1) is 29.9. The number of carbonyl (C=O) groups is 1. The van der Waals surface area contributed by atoms with Crippen LogP contribution in [0.5, 0.6) is 0 Å². The lowest BCUT2D eigenvalue weighted by atomic mass is 9.42. The molecule has 14 atom stereocenters. The summed E-state index contributed by atoms with van der Waals surface area (Å²) in [6, 6.07) is 0.0384. The molecular formula is C31H49NO9. The molecule has 0 bridgehead atoms. The second kappa shape index (κ2) is 10.5. The minimum atomic E-state index is -1.09. The molecule has 4 N–H and O–H groups in total. The molecular weight excluding hydrogens is 530 g/mol. The van der Waals surface area contributed by atoms with Gasteiger partial charge in [0, 0.05) is 24.6 Å². The van der Waals surface area contributed by atoms with Crippen LogP contribution in [0.25, 0.3) is 0 Å². The molecule has 10 nitrogen and oxygen atoms in total. The SMILES string of the molecule is CO[C@@H]1[C@@H](O)[C@H](O)[C@@H](C)O[C@H]1N(OC)[C@H]1CC[C@@]2(C)[C@H](CC[C@@H]3[C@@H]2C[C@@H](O)[C@]2(C)[C@@H](C4=CC(=O)OC4)CC[C@]32O)C1. The van der Waals surface area contributed by atoms with Crippen LogP contribution >= 0.6 is 0 Å². The lowest BCUT2D eigenvalue weighted by Gasteiger charge is -2.65. The Labute approximate surface area is 242 Å². The number of nitrogens with zero attached hydrogens (tertiary/aromatic N) is 1. The van der Waals surface area contributed by atoms with E-state index in [9.17, 15) is 25.2 Å². The Balaban J connectivity index is 1.22. The van der Waals surface area contributed by atoms with E-state index in [1.54, 1.807) is 20.1 Å². The maximum atomic E-state index is 12.5. The van der Waals surface area contributed by atoms with Crippen LogP contribution in [-0.4, -0.2) is 101 Å². The number of fused-ring (bicyclic) bond motifs is 5. The fourth-order valence-electron chi connectivity index (χ4n) is 10.5. The average molecular weight is 580 g/mol. The van der Waals surface area contributed by atoms with E-state index in [2.05, 4.69) is 6.92 Å². The number of esters is 1. The summed E-state index contributed by atoms with van der Waals surface area (Å²) in [6.07, 6.45) is 3.33. The number of aliphatic hydroxyl groups is 4. The normalized spacial score (nSPS) is 53.4. The van der Waals surface area contributed by atoms with Crippen molar-refractivity contribution in [2.45, 2.75) is 121 Å². The molecule has 4 saturated carbocycles. The highest BCUT2D eigenvalue weighted by atomic mass is 16.7. The highest BCUT2D eigenvalue weighted by Gasteiger charge is 2.71. The van der Waals surface area contributed by atoms with Crippen LogP contribution in [0.3, 0.4) is 0 Å². The van der Waals surface area contributed by atoms with Crippen molar-refractivity contribution in [1.82, 2.24) is 5.06 Å². The molecule has 0 aromatic carbocycles. The molecule has 4 aliphatic carbocycles. The molecule has 10 heteroatoms. The molecule has 0 unspecified atom stereocenters. The molecule has 6 aliphatic rings. The topological polar surface area (TPSA) is 138 Å². The molecule has 41 heavy (non-hydrogen) atoms. The van der Waals surface area contributed by atoms with E-state index in [4.69, 9.17) is 19.0 Å². The molecule has 0 amide bonds. The third kappa shape index (κ3) is 4.23. The molecule has 2 heterocycles. The Hall–Kier alpha value is -1.11. The van der Waals surface area contributed by atoms with Crippen molar-refractivity contribution in [3.8, 4) is 0 Å². The van der Waals surface area contributed by atoms with Gasteiger partial charge in [0.2, 0.25) is 0 Å². The molecule has 2 aliphatic heterocycles. The van der Waals surface area contributed by atoms with Crippen molar-refractivity contribution in [3.05, 3.63) is 11.6 Å². The van der Waals surface area contributed by atoms with Crippen LogP contribution in [0.4, 0.5) is 0 Å². The Kier molecular flexibility index (Phi) is 7.67. The lowest BCUT2D eigenvalue weighted by molar-refractivity contribution is -0.343. The number of methoxy groups -OCH3 is 1. The van der Waals surface area contributed by atoms with E-state index < -0.39 is 47.8 Å². The first-order valence-corrected chi connectivity index (χ1v) is 15.5. The minimum absolute atomic E-state index is 0.0384. The number of cyclic esters (lactones) is 1. The molecule has 6 rings (SSSR count). The van der Waals surface area contributed by atoms with E-state index >= 15 is 0 Å². The summed E-state index contributed by atoms with van der Waals surface area (Å²) in [5.41, 5.74) is -0.837. The standard InChI is InChI=1S/C31H49NO9/c1-16-25(35)26(36)27(38-4)28(41-16)32(39-5)19-8-10-29(2)18(13-19)6-7-21-22(29)14-23(33)30(3)20(9-11-31(21,30)37)17-12-24(34)40-15-17/h12,16,18-23,25-28,33,35-37H,6-11,13-15H2,1-5H3/t16-,18-,19+,20-,21-,22+,23-,25-,26+,27-,28-,29+,30+,31+/m1/s1. The van der Waals surface area contributed by atoms with E-state index in [-0.39, 0.29) is 41.8 Å². The maximum Gasteiger partial charge on any atom is 0.331 e. The summed E-state index contributed by atoms with van der Waals surface area (Å²) >= 11 is 0. The maximum absolute atomic E-state index is 12.5. The molecule has 0 aromatic rings. The van der Waals surface area contributed by atoms with Gasteiger partial charge in [0.25, 0.3) is 0 Å². The highest BCUT2D eigenvalue weighted by Crippen LogP contribution is 2.70. The van der Waals surface area contributed by atoms with Gasteiger partial charge >= 0.3 is 5.97 Å². The monoisotopic (exact) mass is 579 g/mol. The first-order chi connectivity index (χ1) is 19.4. The Morgan fingerprint density at radius 2 is 1.76 bits per heavy atom. The van der Waals surface area contributed by atoms with E-state index in [0.717, 1.165) is 44.1 Å². The van der Waals surface area contributed by atoms with Crippen molar-refractivity contribution in [2.24, 2.45) is 34.5 Å². The zero-order valence-electron chi connectivity index (χ0n) is 25.1. The van der Waals surface area contributed by atoms with Crippen molar-refractivity contribution in [3.63, 3.8) is 0 Å². The van der Waals surface area contributed by atoms with Gasteiger partial charge in [-0.1, -0.05) is 13.8 Å². The summed E-state index contributed by atoms with van der Waals surface area (Å²) in [6.45, 7) is 6.40. The van der Waals surface area contributed by atoms with Gasteiger partial charge in [-0.05, 0) is 93.0 Å². The van der Waals surface area contributed by atoms with E-state index in [1.807, 2.05) is 12.0 Å². The van der Waals surface area contributed by atoms with Crippen LogP contribution in [0.2, 0.25) is 0 Å². The van der Waals surface area contributed by atoms with E-state index in [1.165, 1.54) is 7.11 Å². The van der Waals surface area contributed by atoms with Gasteiger partial charge in [0.15, 0.2) is 6.23 Å². The Morgan fingerprint density at radius 1 is 1.00 bits per heavy atom. The van der Waals surface area contributed by atoms with Crippen molar-refractivity contribution < 1.29 is 44.3 Å². The number of hydrogen-bond acceptors (Lipinski definition) is 10. The zero-order chi connectivity index (χ0) is 29.5. The number of hydrogen-bond donors (Lipinski definition) is 4. The van der Waals surface area contributed by atoms with Crippen molar-refractivity contribution in [1.29, 1.82) is 0 Å². The van der Waals surface area contributed by atoms with Gasteiger partial charge in [0.05, 0.1) is 24.9 Å². The van der Waals surface area contributed by atoms with E-state index in [0.29, 0.717) is 18.8 Å². The summed E-state index contributed by atoms with van der Waals surface area (Å²) in [7, 11) is 3.13. The number of carbonyl (C=O) groups excluding carboxylic acids is 1. The fourth-order valence-corrected chi connectivity index (χ4v) is 10.5. The van der Waals surface area contributed by atoms with Crippen LogP contribution in [0, 0.1) is 34.5 Å². The summed E-state index contributed by atoms with van der Waals surface area (Å²) in [5, 5.41) is 47.2. The molecule has 0 aromatic heterocycles. The van der Waals surface area contributed by atoms with Crippen molar-refractivity contribution in [2.75, 3.05) is 20.8 Å². The molecule has 0 spiro atoms. The molecule has 0 radical (unpaired) electrons. The molecule has 5 fully saturated rings. The number of ether oxygens (including phenoxy) is 3. The Bertz CT molecular complexity index is 1050. The largest absolute Gasteiger partial charge is 0.458 e. The zero-order valence-corrected chi connectivity index (χ0v) is 25.1. The Morgan fingerprint density at radius 3 is 2.41 bits per heavy atom. The molecule has 232 valence electrons. The number of aliphatic hydroxyl groups excluding tert-OH is 3. The minimum Gasteiger partial charge on any atom is -0.458 e. The predicted molar refractivity (Wildman–Crippen MR) is 147 cm³/mol. The predicted octanol–water partition coefficient (Wildman–Crippen LogP) is 1.93.